The number of carbonyl (C=O) groups excluding carboxylic acids is 1. The van der Waals surface area contributed by atoms with Gasteiger partial charge in [0, 0.05) is 37.0 Å². The van der Waals surface area contributed by atoms with E-state index in [1.165, 1.54) is 17.4 Å². The fourth-order valence-electron chi connectivity index (χ4n) is 3.84. The summed E-state index contributed by atoms with van der Waals surface area (Å²) >= 11 is 1.46. The molecule has 3 N–H and O–H groups in total. The van der Waals surface area contributed by atoms with Crippen molar-refractivity contribution in [3.8, 4) is 11.3 Å². The largest absolute Gasteiger partial charge is 0.392 e. The molecule has 1 aliphatic rings. The molecule has 2 aromatic carbocycles. The van der Waals surface area contributed by atoms with Gasteiger partial charge in [-0.15, -0.1) is 0 Å². The maximum absolute atomic E-state index is 14.8. The quantitative estimate of drug-likeness (QED) is 0.485. The van der Waals surface area contributed by atoms with E-state index in [4.69, 9.17) is 0 Å². The number of halogens is 1. The molecule has 1 fully saturated rings. The zero-order valence-electron chi connectivity index (χ0n) is 15.6. The van der Waals surface area contributed by atoms with Crippen molar-refractivity contribution in [2.24, 2.45) is 0 Å². The first-order chi connectivity index (χ1) is 14.0. The minimum absolute atomic E-state index is 0.0301. The molecular weight excluding hydrogens is 391 g/mol. The lowest BCUT2D eigenvalue weighted by atomic mass is 10.0. The highest BCUT2D eigenvalue weighted by Gasteiger charge is 2.24. The summed E-state index contributed by atoms with van der Waals surface area (Å²) in [6.45, 7) is 0.528. The van der Waals surface area contributed by atoms with Gasteiger partial charge in [-0.1, -0.05) is 17.4 Å². The lowest BCUT2D eigenvalue weighted by molar-refractivity contribution is 0.0963. The highest BCUT2D eigenvalue weighted by Crippen LogP contribution is 2.32. The molecule has 148 valence electrons. The van der Waals surface area contributed by atoms with E-state index in [9.17, 15) is 14.3 Å². The number of thiazole rings is 1. The third-order valence-electron chi connectivity index (χ3n) is 5.36. The van der Waals surface area contributed by atoms with E-state index in [0.29, 0.717) is 29.8 Å². The zero-order valence-corrected chi connectivity index (χ0v) is 16.5. The van der Waals surface area contributed by atoms with Crippen molar-refractivity contribution in [3.05, 3.63) is 59.5 Å². The van der Waals surface area contributed by atoms with Gasteiger partial charge in [0.25, 0.3) is 5.91 Å². The average molecular weight is 410 g/mol. The maximum Gasteiger partial charge on any atom is 0.251 e. The summed E-state index contributed by atoms with van der Waals surface area (Å²) in [6.07, 6.45) is 2.02. The number of imidazole rings is 1. The van der Waals surface area contributed by atoms with Crippen LogP contribution in [0.15, 0.2) is 42.6 Å². The molecule has 2 atom stereocenters. The lowest BCUT2D eigenvalue weighted by Gasteiger charge is -2.11. The van der Waals surface area contributed by atoms with Crippen molar-refractivity contribution in [3.63, 3.8) is 0 Å². The maximum atomic E-state index is 14.8. The van der Waals surface area contributed by atoms with E-state index in [1.807, 2.05) is 28.8 Å². The SMILES string of the molecule is CNC(=O)c1ccc2c(c1)sc1nc(-c3ccc(C4C[C@H](O)CN4)cc3F)cn12. The number of hydrogen-bond donors (Lipinski definition) is 3. The molecule has 0 bridgehead atoms. The van der Waals surface area contributed by atoms with E-state index < -0.39 is 0 Å². The number of aliphatic hydroxyl groups is 1. The first kappa shape index (κ1) is 18.2. The first-order valence-electron chi connectivity index (χ1n) is 9.38. The summed E-state index contributed by atoms with van der Waals surface area (Å²) in [7, 11) is 1.60. The first-order valence-corrected chi connectivity index (χ1v) is 10.2. The number of β-amino-alcohol motifs (C(OH)–C–C–N with tert-alkyl or cyclic N) is 1. The van der Waals surface area contributed by atoms with Crippen molar-refractivity contribution in [1.82, 2.24) is 20.0 Å². The Balaban J connectivity index is 1.51. The van der Waals surface area contributed by atoms with Crippen LogP contribution in [0.5, 0.6) is 0 Å². The van der Waals surface area contributed by atoms with Crippen LogP contribution in [0.1, 0.15) is 28.4 Å². The Labute approximate surface area is 170 Å². The molecule has 8 heteroatoms. The monoisotopic (exact) mass is 410 g/mol. The molecule has 0 aliphatic carbocycles. The van der Waals surface area contributed by atoms with Gasteiger partial charge in [0.15, 0.2) is 4.96 Å². The predicted molar refractivity (Wildman–Crippen MR) is 111 cm³/mol. The summed E-state index contributed by atoms with van der Waals surface area (Å²) in [5.41, 5.74) is 3.36. The Kier molecular flexibility index (Phi) is 4.34. The van der Waals surface area contributed by atoms with Gasteiger partial charge in [-0.05, 0) is 42.3 Å². The number of nitrogens with zero attached hydrogens (tertiary/aromatic N) is 2. The molecular formula is C21H19FN4O2S. The van der Waals surface area contributed by atoms with Crippen LogP contribution in [0, 0.1) is 5.82 Å². The molecule has 6 nitrogen and oxygen atoms in total. The topological polar surface area (TPSA) is 78.7 Å². The van der Waals surface area contributed by atoms with Gasteiger partial charge < -0.3 is 15.7 Å². The normalized spacial score (nSPS) is 19.3. The summed E-state index contributed by atoms with van der Waals surface area (Å²) in [6, 6.07) is 10.6. The fourth-order valence-corrected chi connectivity index (χ4v) is 4.89. The number of carbonyl (C=O) groups is 1. The molecule has 29 heavy (non-hydrogen) atoms. The minimum Gasteiger partial charge on any atom is -0.392 e. The molecule has 5 rings (SSSR count). The van der Waals surface area contributed by atoms with Crippen LogP contribution < -0.4 is 10.6 Å². The van der Waals surface area contributed by atoms with Crippen LogP contribution in [0.3, 0.4) is 0 Å². The number of nitrogens with one attached hydrogen (secondary N) is 2. The van der Waals surface area contributed by atoms with E-state index in [2.05, 4.69) is 15.6 Å². The van der Waals surface area contributed by atoms with Crippen molar-refractivity contribution in [2.75, 3.05) is 13.6 Å². The summed E-state index contributed by atoms with van der Waals surface area (Å²) in [4.78, 5) is 17.2. The van der Waals surface area contributed by atoms with Crippen LogP contribution >= 0.6 is 11.3 Å². The molecule has 1 unspecified atom stereocenters. The van der Waals surface area contributed by atoms with Crippen molar-refractivity contribution < 1.29 is 14.3 Å². The average Bonchev–Trinajstić information content (AvgIpc) is 3.41. The molecule has 1 aliphatic heterocycles. The van der Waals surface area contributed by atoms with Crippen LogP contribution in [0.4, 0.5) is 4.39 Å². The Morgan fingerprint density at radius 2 is 2.21 bits per heavy atom. The van der Waals surface area contributed by atoms with Gasteiger partial charge in [0.2, 0.25) is 0 Å². The standard InChI is InChI=1S/C21H19FN4O2S/c1-23-20(28)12-3-5-18-19(7-12)29-21-25-17(10-26(18)21)14-4-2-11(6-15(14)22)16-8-13(27)9-24-16/h2-7,10,13,16,24,27H,8-9H2,1H3,(H,23,28)/t13-,16?/m0/s1. The molecule has 0 spiro atoms. The molecule has 2 aromatic heterocycles. The van der Waals surface area contributed by atoms with Gasteiger partial charge in [0.05, 0.1) is 22.0 Å². The van der Waals surface area contributed by atoms with E-state index in [-0.39, 0.29) is 23.9 Å². The molecule has 0 saturated carbocycles. The second-order valence-corrected chi connectivity index (χ2v) is 8.24. The lowest BCUT2D eigenvalue weighted by Crippen LogP contribution is -2.17. The van der Waals surface area contributed by atoms with Crippen LogP contribution in [0.25, 0.3) is 26.4 Å². The number of aliphatic hydroxyl groups excluding tert-OH is 1. The smallest absolute Gasteiger partial charge is 0.251 e. The Hall–Kier alpha value is -2.81. The predicted octanol–water partition coefficient (Wildman–Crippen LogP) is 3.11. The zero-order chi connectivity index (χ0) is 20.1. The van der Waals surface area contributed by atoms with Crippen LogP contribution in [-0.2, 0) is 0 Å². The minimum atomic E-state index is -0.389. The fraction of sp³-hybridized carbons (Fsp3) is 0.238. The third kappa shape index (κ3) is 3.09. The number of benzene rings is 2. The summed E-state index contributed by atoms with van der Waals surface area (Å²) in [5, 5.41) is 15.5. The molecule has 3 heterocycles. The van der Waals surface area contributed by atoms with Crippen LogP contribution in [0.2, 0.25) is 0 Å². The van der Waals surface area contributed by atoms with Gasteiger partial charge in [0.1, 0.15) is 5.82 Å². The molecule has 4 aromatic rings. The number of fused-ring (bicyclic) bond motifs is 3. The molecule has 1 saturated heterocycles. The van der Waals surface area contributed by atoms with Crippen molar-refractivity contribution >= 4 is 32.4 Å². The number of amides is 1. The van der Waals surface area contributed by atoms with Crippen molar-refractivity contribution in [1.29, 1.82) is 0 Å². The van der Waals surface area contributed by atoms with E-state index >= 15 is 0 Å². The number of hydrogen-bond acceptors (Lipinski definition) is 5. The summed E-state index contributed by atoms with van der Waals surface area (Å²) < 4.78 is 17.7. The Bertz CT molecular complexity index is 1250. The number of rotatable bonds is 3. The van der Waals surface area contributed by atoms with E-state index in [0.717, 1.165) is 20.7 Å². The third-order valence-corrected chi connectivity index (χ3v) is 6.38. The Morgan fingerprint density at radius 1 is 1.34 bits per heavy atom. The highest BCUT2D eigenvalue weighted by atomic mass is 32.1. The molecule has 0 radical (unpaired) electrons. The second-order valence-electron chi connectivity index (χ2n) is 7.23. The summed E-state index contributed by atoms with van der Waals surface area (Å²) in [5.74, 6) is -0.465. The number of aromatic nitrogens is 2. The van der Waals surface area contributed by atoms with E-state index in [1.54, 1.807) is 19.2 Å². The molecule has 1 amide bonds. The Morgan fingerprint density at radius 3 is 2.93 bits per heavy atom. The van der Waals surface area contributed by atoms with Crippen LogP contribution in [-0.4, -0.2) is 40.1 Å². The van der Waals surface area contributed by atoms with Gasteiger partial charge in [-0.2, -0.15) is 0 Å². The van der Waals surface area contributed by atoms with Gasteiger partial charge >= 0.3 is 0 Å². The van der Waals surface area contributed by atoms with Gasteiger partial charge in [-0.3, -0.25) is 9.20 Å². The van der Waals surface area contributed by atoms with Crippen molar-refractivity contribution in [2.45, 2.75) is 18.6 Å². The highest BCUT2D eigenvalue weighted by molar-refractivity contribution is 7.23. The second kappa shape index (κ2) is 6.91. The van der Waals surface area contributed by atoms with Gasteiger partial charge in [-0.25, -0.2) is 9.37 Å².